The number of pyridine rings is 1. The quantitative estimate of drug-likeness (QED) is 0.721. The van der Waals surface area contributed by atoms with E-state index in [1.54, 1.807) is 12.5 Å². The van der Waals surface area contributed by atoms with Crippen LogP contribution in [0.5, 0.6) is 0 Å². The molecule has 0 radical (unpaired) electrons. The van der Waals surface area contributed by atoms with Crippen LogP contribution in [0.15, 0.2) is 53.4 Å². The van der Waals surface area contributed by atoms with Crippen molar-refractivity contribution >= 4 is 5.91 Å². The van der Waals surface area contributed by atoms with Gasteiger partial charge in [-0.3, -0.25) is 9.78 Å². The molecule has 2 aromatic heterocycles. The molecule has 1 saturated carbocycles. The van der Waals surface area contributed by atoms with Crippen LogP contribution in [0.3, 0.4) is 0 Å². The number of carbonyl (C=O) groups excluding carboxylic acids is 1. The first-order chi connectivity index (χ1) is 12.7. The molecule has 1 aromatic carbocycles. The molecule has 2 atom stereocenters. The fourth-order valence-corrected chi connectivity index (χ4v) is 3.89. The minimum atomic E-state index is 0.107. The third kappa shape index (κ3) is 2.51. The maximum Gasteiger partial charge on any atom is 0.254 e. The maximum atomic E-state index is 12.8. The third-order valence-electron chi connectivity index (χ3n) is 5.40. The predicted molar refractivity (Wildman–Crippen MR) is 96.5 cm³/mol. The van der Waals surface area contributed by atoms with Crippen molar-refractivity contribution in [2.45, 2.75) is 25.8 Å². The first-order valence-corrected chi connectivity index (χ1v) is 8.94. The summed E-state index contributed by atoms with van der Waals surface area (Å²) in [5.41, 5.74) is 5.02. The van der Waals surface area contributed by atoms with Crippen molar-refractivity contribution < 1.29 is 9.21 Å². The number of aromatic nitrogens is 2. The number of oxazole rings is 1. The van der Waals surface area contributed by atoms with Crippen molar-refractivity contribution in [2.75, 3.05) is 6.54 Å². The summed E-state index contributed by atoms with van der Waals surface area (Å²) < 4.78 is 5.44. The lowest BCUT2D eigenvalue weighted by molar-refractivity contribution is 0.0770. The summed E-state index contributed by atoms with van der Waals surface area (Å²) in [4.78, 5) is 23.6. The van der Waals surface area contributed by atoms with Crippen LogP contribution < -0.4 is 0 Å². The van der Waals surface area contributed by atoms with Gasteiger partial charge in [-0.25, -0.2) is 4.98 Å². The Labute approximate surface area is 151 Å². The number of hydrogen-bond donors (Lipinski definition) is 0. The Morgan fingerprint density at radius 1 is 1.19 bits per heavy atom. The lowest BCUT2D eigenvalue weighted by atomic mass is 10.0. The number of nitrogens with zero attached hydrogens (tertiary/aromatic N) is 3. The minimum Gasteiger partial charge on any atom is -0.445 e. The van der Waals surface area contributed by atoms with Crippen LogP contribution in [0.25, 0.3) is 11.5 Å². The second-order valence-electron chi connectivity index (χ2n) is 7.22. The molecule has 0 N–H and O–H groups in total. The van der Waals surface area contributed by atoms with Gasteiger partial charge in [-0.1, -0.05) is 12.1 Å². The summed E-state index contributed by atoms with van der Waals surface area (Å²) in [6.45, 7) is 3.45. The van der Waals surface area contributed by atoms with Gasteiger partial charge in [0.15, 0.2) is 0 Å². The van der Waals surface area contributed by atoms with Crippen LogP contribution in [0.2, 0.25) is 0 Å². The zero-order chi connectivity index (χ0) is 17.7. The van der Waals surface area contributed by atoms with Gasteiger partial charge in [-0.05, 0) is 48.6 Å². The Kier molecular flexibility index (Phi) is 3.42. The van der Waals surface area contributed by atoms with Crippen molar-refractivity contribution in [2.24, 2.45) is 5.92 Å². The number of benzene rings is 1. The van der Waals surface area contributed by atoms with Crippen molar-refractivity contribution in [3.63, 3.8) is 0 Å². The minimum absolute atomic E-state index is 0.107. The summed E-state index contributed by atoms with van der Waals surface area (Å²) in [7, 11) is 0. The van der Waals surface area contributed by atoms with Crippen LogP contribution in [0.1, 0.15) is 39.5 Å². The molecular weight excluding hydrogens is 326 g/mol. The van der Waals surface area contributed by atoms with Crippen molar-refractivity contribution in [3.05, 3.63) is 71.4 Å². The Bertz CT molecular complexity index is 963. The molecule has 130 valence electrons. The van der Waals surface area contributed by atoms with E-state index < -0.39 is 0 Å². The summed E-state index contributed by atoms with van der Waals surface area (Å²) >= 11 is 0. The molecule has 3 aromatic rings. The van der Waals surface area contributed by atoms with Gasteiger partial charge in [0.25, 0.3) is 5.91 Å². The topological polar surface area (TPSA) is 59.2 Å². The van der Waals surface area contributed by atoms with E-state index in [0.29, 0.717) is 24.3 Å². The lowest BCUT2D eigenvalue weighted by Crippen LogP contribution is -2.26. The Morgan fingerprint density at radius 2 is 2.08 bits per heavy atom. The van der Waals surface area contributed by atoms with Gasteiger partial charge in [0.2, 0.25) is 5.89 Å². The monoisotopic (exact) mass is 345 g/mol. The Hall–Kier alpha value is -2.95. The van der Waals surface area contributed by atoms with E-state index in [-0.39, 0.29) is 5.91 Å². The van der Waals surface area contributed by atoms with Crippen molar-refractivity contribution in [1.82, 2.24) is 14.9 Å². The molecular formula is C21H19N3O2. The van der Waals surface area contributed by atoms with E-state index in [4.69, 9.17) is 4.42 Å². The average Bonchev–Trinajstić information content (AvgIpc) is 3.06. The van der Waals surface area contributed by atoms with E-state index in [9.17, 15) is 4.79 Å². The normalized spacial score (nSPS) is 21.1. The Balaban J connectivity index is 1.34. The van der Waals surface area contributed by atoms with E-state index in [1.807, 2.05) is 36.2 Å². The molecule has 26 heavy (non-hydrogen) atoms. The molecule has 5 rings (SSSR count). The number of aryl methyl sites for hydroxylation is 1. The molecule has 0 saturated heterocycles. The molecule has 1 aliphatic heterocycles. The summed E-state index contributed by atoms with van der Waals surface area (Å²) in [5, 5.41) is 0. The molecule has 1 aliphatic carbocycles. The largest absolute Gasteiger partial charge is 0.445 e. The van der Waals surface area contributed by atoms with E-state index in [1.165, 1.54) is 5.56 Å². The average molecular weight is 345 g/mol. The fourth-order valence-electron chi connectivity index (χ4n) is 3.89. The third-order valence-corrected chi connectivity index (χ3v) is 5.40. The molecule has 1 unspecified atom stereocenters. The molecule has 1 amide bonds. The summed E-state index contributed by atoms with van der Waals surface area (Å²) in [6, 6.07) is 9.99. The highest BCUT2D eigenvalue weighted by Crippen LogP contribution is 2.48. The highest BCUT2D eigenvalue weighted by Gasteiger charge is 2.43. The smallest absolute Gasteiger partial charge is 0.254 e. The molecule has 5 nitrogen and oxygen atoms in total. The van der Waals surface area contributed by atoms with Crippen molar-refractivity contribution in [1.29, 1.82) is 0 Å². The molecule has 0 spiro atoms. The van der Waals surface area contributed by atoms with Gasteiger partial charge in [-0.2, -0.15) is 0 Å². The number of hydrogen-bond acceptors (Lipinski definition) is 4. The van der Waals surface area contributed by atoms with Gasteiger partial charge in [0, 0.05) is 42.0 Å². The second-order valence-corrected chi connectivity index (χ2v) is 7.22. The van der Waals surface area contributed by atoms with E-state index in [2.05, 4.69) is 22.1 Å². The highest BCUT2D eigenvalue weighted by atomic mass is 16.3. The van der Waals surface area contributed by atoms with E-state index in [0.717, 1.165) is 35.3 Å². The molecule has 3 heterocycles. The molecule has 2 aliphatic rings. The zero-order valence-corrected chi connectivity index (χ0v) is 14.6. The first kappa shape index (κ1) is 15.3. The molecule has 0 bridgehead atoms. The molecule has 1 fully saturated rings. The van der Waals surface area contributed by atoms with Crippen molar-refractivity contribution in [3.8, 4) is 11.5 Å². The number of rotatable bonds is 4. The second kappa shape index (κ2) is 5.80. The number of amides is 1. The summed E-state index contributed by atoms with van der Waals surface area (Å²) in [5.74, 6) is 1.65. The van der Waals surface area contributed by atoms with Gasteiger partial charge < -0.3 is 9.32 Å². The van der Waals surface area contributed by atoms with Crippen LogP contribution in [-0.2, 0) is 6.54 Å². The fraction of sp³-hybridized carbons (Fsp3) is 0.286. The van der Waals surface area contributed by atoms with Gasteiger partial charge >= 0.3 is 0 Å². The van der Waals surface area contributed by atoms with Gasteiger partial charge in [0.1, 0.15) is 6.26 Å². The highest BCUT2D eigenvalue weighted by molar-refractivity contribution is 6.00. The molecule has 5 heteroatoms. The maximum absolute atomic E-state index is 12.8. The van der Waals surface area contributed by atoms with E-state index >= 15 is 0 Å². The van der Waals surface area contributed by atoms with Crippen LogP contribution >= 0.6 is 0 Å². The van der Waals surface area contributed by atoms with Gasteiger partial charge in [-0.15, -0.1) is 0 Å². The standard InChI is InChI=1S/C21H19N3O2/c1-13-5-6-19(23-10-13)17-9-14(17)11-24-12-18-15(20-22-7-8-26-20)3-2-4-16(18)21(24)25/h2-8,10,14,17H,9,11-12H2,1H3/t14-,17?/m0/s1. The number of carbonyl (C=O) groups is 1. The van der Waals surface area contributed by atoms with Crippen LogP contribution in [0.4, 0.5) is 0 Å². The zero-order valence-electron chi connectivity index (χ0n) is 14.6. The van der Waals surface area contributed by atoms with Crippen LogP contribution in [0, 0.1) is 12.8 Å². The lowest BCUT2D eigenvalue weighted by Gasteiger charge is -2.15. The Morgan fingerprint density at radius 3 is 2.85 bits per heavy atom. The van der Waals surface area contributed by atoms with Gasteiger partial charge in [0.05, 0.1) is 6.20 Å². The van der Waals surface area contributed by atoms with Crippen LogP contribution in [-0.4, -0.2) is 27.3 Å². The number of fused-ring (bicyclic) bond motifs is 1. The predicted octanol–water partition coefficient (Wildman–Crippen LogP) is 3.80. The summed E-state index contributed by atoms with van der Waals surface area (Å²) in [6.07, 6.45) is 6.21. The SMILES string of the molecule is Cc1ccc(C2C[C@H]2CN2Cc3c(cccc3-c3ncco3)C2=O)nc1. The first-order valence-electron chi connectivity index (χ1n) is 8.94.